The molecular weight excluding hydrogens is 268 g/mol. The van der Waals surface area contributed by atoms with Gasteiger partial charge >= 0.3 is 0 Å². The van der Waals surface area contributed by atoms with Crippen LogP contribution in [0, 0.1) is 5.92 Å². The van der Waals surface area contributed by atoms with E-state index in [1.54, 1.807) is 6.08 Å². The average molecular weight is 296 g/mol. The zero-order chi connectivity index (χ0) is 14.2. The van der Waals surface area contributed by atoms with Gasteiger partial charge in [0.15, 0.2) is 0 Å². The minimum Gasteiger partial charge on any atom is -0.356 e. The third kappa shape index (κ3) is 5.13. The number of hydrogen-bond donors (Lipinski definition) is 1. The first-order valence-corrected chi connectivity index (χ1v) is 9.14. The molecule has 0 aromatic carbocycles. The molecule has 2 heterocycles. The van der Waals surface area contributed by atoms with Crippen LogP contribution in [0.1, 0.15) is 38.5 Å². The normalized spacial score (nSPS) is 22.6. The maximum atomic E-state index is 11.6. The third-order valence-corrected chi connectivity index (χ3v) is 5.57. The quantitative estimate of drug-likeness (QED) is 0.765. The average Bonchev–Trinajstić information content (AvgIpc) is 2.52. The molecule has 0 aliphatic carbocycles. The highest BCUT2D eigenvalue weighted by molar-refractivity contribution is 7.99. The van der Waals surface area contributed by atoms with Crippen molar-refractivity contribution in [1.82, 2.24) is 10.2 Å². The van der Waals surface area contributed by atoms with Gasteiger partial charge in [0.05, 0.1) is 0 Å². The lowest BCUT2D eigenvalue weighted by Gasteiger charge is -2.39. The van der Waals surface area contributed by atoms with Crippen molar-refractivity contribution in [3.05, 3.63) is 12.7 Å². The van der Waals surface area contributed by atoms with Crippen LogP contribution in [0.4, 0.5) is 0 Å². The first kappa shape index (κ1) is 15.9. The van der Waals surface area contributed by atoms with Crippen LogP contribution in [0.25, 0.3) is 0 Å². The summed E-state index contributed by atoms with van der Waals surface area (Å²) >= 11 is 2.10. The highest BCUT2D eigenvalue weighted by atomic mass is 32.2. The predicted octanol–water partition coefficient (Wildman–Crippen LogP) is 2.68. The summed E-state index contributed by atoms with van der Waals surface area (Å²) in [7, 11) is 0. The van der Waals surface area contributed by atoms with Gasteiger partial charge in [0, 0.05) is 19.0 Å². The highest BCUT2D eigenvalue weighted by Gasteiger charge is 2.26. The summed E-state index contributed by atoms with van der Waals surface area (Å²) in [4.78, 5) is 14.3. The fourth-order valence-corrected chi connectivity index (χ4v) is 4.23. The predicted molar refractivity (Wildman–Crippen MR) is 87.1 cm³/mol. The molecule has 0 unspecified atom stereocenters. The molecule has 3 nitrogen and oxygen atoms in total. The number of amides is 1. The van der Waals surface area contributed by atoms with E-state index in [1.165, 1.54) is 50.3 Å². The molecule has 2 saturated heterocycles. The minimum atomic E-state index is 0.177. The lowest BCUT2D eigenvalue weighted by atomic mass is 9.94. The molecule has 0 saturated carbocycles. The van der Waals surface area contributed by atoms with Crippen molar-refractivity contribution in [2.45, 2.75) is 44.6 Å². The number of allylic oxidation sites excluding steroid dienone is 1. The molecule has 2 rings (SSSR count). The van der Waals surface area contributed by atoms with Gasteiger partial charge in [-0.15, -0.1) is 6.58 Å². The van der Waals surface area contributed by atoms with Crippen molar-refractivity contribution < 1.29 is 4.79 Å². The van der Waals surface area contributed by atoms with Gasteiger partial charge in [0.2, 0.25) is 5.91 Å². The first-order valence-electron chi connectivity index (χ1n) is 7.99. The Bertz CT molecular complexity index is 308. The van der Waals surface area contributed by atoms with Crippen LogP contribution in [0.3, 0.4) is 0 Å². The molecule has 0 aromatic rings. The molecule has 2 aliphatic heterocycles. The first-order chi connectivity index (χ1) is 9.79. The molecule has 2 aliphatic rings. The van der Waals surface area contributed by atoms with E-state index < -0.39 is 0 Å². The Balaban J connectivity index is 1.61. The monoisotopic (exact) mass is 296 g/mol. The lowest BCUT2D eigenvalue weighted by molar-refractivity contribution is -0.121. The van der Waals surface area contributed by atoms with Gasteiger partial charge in [0.25, 0.3) is 0 Å². The Labute approximate surface area is 127 Å². The summed E-state index contributed by atoms with van der Waals surface area (Å²) in [6.45, 7) is 6.96. The zero-order valence-electron chi connectivity index (χ0n) is 12.5. The van der Waals surface area contributed by atoms with Crippen molar-refractivity contribution in [2.24, 2.45) is 5.92 Å². The summed E-state index contributed by atoms with van der Waals surface area (Å²) < 4.78 is 0. The number of thioether (sulfide) groups is 1. The van der Waals surface area contributed by atoms with Crippen LogP contribution >= 0.6 is 11.8 Å². The zero-order valence-corrected chi connectivity index (χ0v) is 13.3. The maximum absolute atomic E-state index is 11.6. The number of carbonyl (C=O) groups excluding carboxylic acids is 1. The lowest BCUT2D eigenvalue weighted by Crippen LogP contribution is -2.44. The minimum absolute atomic E-state index is 0.177. The molecule has 4 heteroatoms. The molecule has 1 amide bonds. The van der Waals surface area contributed by atoms with Crippen molar-refractivity contribution in [3.63, 3.8) is 0 Å². The SMILES string of the molecule is C=CCCC(=O)NCC1CCN(C2CCSCC2)CC1. The highest BCUT2D eigenvalue weighted by Crippen LogP contribution is 2.26. The van der Waals surface area contributed by atoms with Crippen LogP contribution < -0.4 is 5.32 Å². The largest absolute Gasteiger partial charge is 0.356 e. The summed E-state index contributed by atoms with van der Waals surface area (Å²) in [5.41, 5.74) is 0. The van der Waals surface area contributed by atoms with E-state index >= 15 is 0 Å². The van der Waals surface area contributed by atoms with Gasteiger partial charge in [-0.05, 0) is 62.6 Å². The summed E-state index contributed by atoms with van der Waals surface area (Å²) in [5, 5.41) is 3.07. The van der Waals surface area contributed by atoms with Crippen LogP contribution in [-0.4, -0.2) is 48.0 Å². The number of hydrogen-bond acceptors (Lipinski definition) is 3. The van der Waals surface area contributed by atoms with E-state index in [1.807, 2.05) is 0 Å². The third-order valence-electron chi connectivity index (χ3n) is 4.52. The van der Waals surface area contributed by atoms with E-state index in [9.17, 15) is 4.79 Å². The van der Waals surface area contributed by atoms with Crippen LogP contribution in [0.2, 0.25) is 0 Å². The topological polar surface area (TPSA) is 32.3 Å². The smallest absolute Gasteiger partial charge is 0.220 e. The van der Waals surface area contributed by atoms with Crippen LogP contribution in [-0.2, 0) is 4.79 Å². The fraction of sp³-hybridized carbons (Fsp3) is 0.812. The fourth-order valence-electron chi connectivity index (χ4n) is 3.15. The van der Waals surface area contributed by atoms with Crippen LogP contribution in [0.15, 0.2) is 12.7 Å². The van der Waals surface area contributed by atoms with Crippen molar-refractivity contribution in [3.8, 4) is 0 Å². The van der Waals surface area contributed by atoms with E-state index in [2.05, 4.69) is 28.6 Å². The molecule has 20 heavy (non-hydrogen) atoms. The second kappa shape index (κ2) is 8.73. The van der Waals surface area contributed by atoms with Gasteiger partial charge in [0.1, 0.15) is 0 Å². The van der Waals surface area contributed by atoms with Crippen molar-refractivity contribution in [2.75, 3.05) is 31.1 Å². The second-order valence-corrected chi connectivity index (χ2v) is 7.18. The molecule has 0 aromatic heterocycles. The Hall–Kier alpha value is -0.480. The molecule has 1 N–H and O–H groups in total. The molecule has 0 spiro atoms. The van der Waals surface area contributed by atoms with Gasteiger partial charge < -0.3 is 10.2 Å². The number of nitrogens with one attached hydrogen (secondary N) is 1. The maximum Gasteiger partial charge on any atom is 0.220 e. The standard InChI is InChI=1S/C16H28N2OS/c1-2-3-4-16(19)17-13-14-5-9-18(10-6-14)15-7-11-20-12-8-15/h2,14-15H,1,3-13H2,(H,17,19). The molecular formula is C16H28N2OS. The Kier molecular flexibility index (Phi) is 6.94. The number of likely N-dealkylation sites (tertiary alicyclic amines) is 1. The Morgan fingerprint density at radius 1 is 1.25 bits per heavy atom. The molecule has 0 bridgehead atoms. The van der Waals surface area contributed by atoms with Crippen LogP contribution in [0.5, 0.6) is 0 Å². The van der Waals surface area contributed by atoms with Gasteiger partial charge in [-0.2, -0.15) is 11.8 Å². The van der Waals surface area contributed by atoms with E-state index in [0.29, 0.717) is 12.3 Å². The number of carbonyl (C=O) groups is 1. The molecule has 0 radical (unpaired) electrons. The molecule has 0 atom stereocenters. The number of piperidine rings is 1. The molecule has 2 fully saturated rings. The van der Waals surface area contributed by atoms with Crippen molar-refractivity contribution >= 4 is 17.7 Å². The van der Waals surface area contributed by atoms with Gasteiger partial charge in [-0.25, -0.2) is 0 Å². The van der Waals surface area contributed by atoms with E-state index in [0.717, 1.165) is 19.0 Å². The Morgan fingerprint density at radius 2 is 1.95 bits per heavy atom. The summed E-state index contributed by atoms with van der Waals surface area (Å²) in [6, 6.07) is 0.833. The Morgan fingerprint density at radius 3 is 2.60 bits per heavy atom. The van der Waals surface area contributed by atoms with E-state index in [4.69, 9.17) is 0 Å². The van der Waals surface area contributed by atoms with Gasteiger partial charge in [-0.1, -0.05) is 6.08 Å². The van der Waals surface area contributed by atoms with Crippen molar-refractivity contribution in [1.29, 1.82) is 0 Å². The number of nitrogens with zero attached hydrogens (tertiary/aromatic N) is 1. The second-order valence-electron chi connectivity index (χ2n) is 5.95. The number of rotatable bonds is 6. The summed E-state index contributed by atoms with van der Waals surface area (Å²) in [5.74, 6) is 3.53. The van der Waals surface area contributed by atoms with E-state index in [-0.39, 0.29) is 5.91 Å². The van der Waals surface area contributed by atoms with Gasteiger partial charge in [-0.3, -0.25) is 4.79 Å². The molecule has 114 valence electrons. The summed E-state index contributed by atoms with van der Waals surface area (Å²) in [6.07, 6.45) is 8.39.